The predicted octanol–water partition coefficient (Wildman–Crippen LogP) is 5.58. The van der Waals surface area contributed by atoms with Gasteiger partial charge in [-0.05, 0) is 69.9 Å². The number of aryl methyl sites for hydroxylation is 2. The van der Waals surface area contributed by atoms with Crippen LogP contribution in [-0.2, 0) is 17.1 Å². The minimum atomic E-state index is -4.22. The van der Waals surface area contributed by atoms with E-state index in [2.05, 4.69) is 49.5 Å². The Labute approximate surface area is 262 Å². The summed E-state index contributed by atoms with van der Waals surface area (Å²) in [4.78, 5) is 20.4. The van der Waals surface area contributed by atoms with Crippen molar-refractivity contribution in [2.75, 3.05) is 18.1 Å². The fourth-order valence-electron chi connectivity index (χ4n) is 5.51. The average molecular weight is 654 g/mol. The van der Waals surface area contributed by atoms with Gasteiger partial charge in [0.25, 0.3) is 15.9 Å². The van der Waals surface area contributed by atoms with Crippen LogP contribution in [-0.4, -0.2) is 63.7 Å². The van der Waals surface area contributed by atoms with Gasteiger partial charge in [0, 0.05) is 44.0 Å². The largest absolute Gasteiger partial charge is 0.477 e. The standard InChI is InChI=1S/C30H42F3N7O4S/c1-20-23(19-38(7)35-20)45(42,43)37-27(41)22-11-12-24(34-26(22)39-18-21(28(2,3)4)17-29(39,5)6)40-15-13-25(36-40)44-16-10-8-9-14-30(31,32)33/h11-13,15,19,21H,8-10,14,16-18H2,1-7H3,(H,37,41). The smallest absolute Gasteiger partial charge is 0.389 e. The van der Waals surface area contributed by atoms with Crippen molar-refractivity contribution in [2.45, 2.75) is 90.3 Å². The van der Waals surface area contributed by atoms with Crippen LogP contribution in [0, 0.1) is 18.3 Å². The first-order chi connectivity index (χ1) is 20.8. The second kappa shape index (κ2) is 12.6. The Balaban J connectivity index is 1.61. The Morgan fingerprint density at radius 2 is 1.82 bits per heavy atom. The molecule has 45 heavy (non-hydrogen) atoms. The van der Waals surface area contributed by atoms with Gasteiger partial charge in [-0.3, -0.25) is 9.48 Å². The van der Waals surface area contributed by atoms with Crippen LogP contribution in [0.5, 0.6) is 5.88 Å². The number of sulfonamides is 1. The van der Waals surface area contributed by atoms with E-state index < -0.39 is 34.1 Å². The van der Waals surface area contributed by atoms with Gasteiger partial charge in [0.15, 0.2) is 5.82 Å². The number of pyridine rings is 1. The Hall–Kier alpha value is -3.62. The van der Waals surface area contributed by atoms with Crippen molar-refractivity contribution in [3.8, 4) is 11.7 Å². The molecule has 0 bridgehead atoms. The summed E-state index contributed by atoms with van der Waals surface area (Å²) >= 11 is 0. The number of hydrogen-bond acceptors (Lipinski definition) is 8. The highest BCUT2D eigenvalue weighted by atomic mass is 32.2. The maximum absolute atomic E-state index is 13.6. The van der Waals surface area contributed by atoms with Crippen LogP contribution < -0.4 is 14.4 Å². The Kier molecular flexibility index (Phi) is 9.62. The third-order valence-electron chi connectivity index (χ3n) is 8.10. The van der Waals surface area contributed by atoms with E-state index in [1.807, 2.05) is 4.90 Å². The maximum atomic E-state index is 13.6. The molecule has 3 aromatic heterocycles. The first-order valence-corrected chi connectivity index (χ1v) is 16.4. The molecule has 4 rings (SSSR count). The molecule has 0 aliphatic carbocycles. The normalized spacial score (nSPS) is 17.1. The zero-order valence-electron chi connectivity index (χ0n) is 26.8. The van der Waals surface area contributed by atoms with Gasteiger partial charge in [0.05, 0.1) is 17.9 Å². The fourth-order valence-corrected chi connectivity index (χ4v) is 6.70. The van der Waals surface area contributed by atoms with E-state index in [-0.39, 0.29) is 46.4 Å². The molecule has 1 atom stereocenters. The summed E-state index contributed by atoms with van der Waals surface area (Å²) in [7, 11) is -2.62. The number of nitrogens with one attached hydrogen (secondary N) is 1. The molecular weight excluding hydrogens is 611 g/mol. The lowest BCUT2D eigenvalue weighted by Gasteiger charge is -2.34. The molecule has 0 saturated carbocycles. The third-order valence-corrected chi connectivity index (χ3v) is 9.54. The molecule has 1 saturated heterocycles. The number of anilines is 1. The Morgan fingerprint density at radius 1 is 1.11 bits per heavy atom. The van der Waals surface area contributed by atoms with Gasteiger partial charge in [-0.25, -0.2) is 22.8 Å². The quantitative estimate of drug-likeness (QED) is 0.266. The van der Waals surface area contributed by atoms with Crippen LogP contribution >= 0.6 is 0 Å². The van der Waals surface area contributed by atoms with E-state index in [0.717, 1.165) is 6.42 Å². The van der Waals surface area contributed by atoms with Crippen LogP contribution in [0.4, 0.5) is 19.0 Å². The molecule has 1 N–H and O–H groups in total. The molecule has 1 amide bonds. The molecular formula is C30H42F3N7O4S. The van der Waals surface area contributed by atoms with Gasteiger partial charge in [-0.2, -0.15) is 18.3 Å². The van der Waals surface area contributed by atoms with E-state index in [9.17, 15) is 26.4 Å². The fraction of sp³-hybridized carbons (Fsp3) is 0.600. The maximum Gasteiger partial charge on any atom is 0.389 e. The molecule has 1 unspecified atom stereocenters. The lowest BCUT2D eigenvalue weighted by atomic mass is 9.78. The molecule has 248 valence electrons. The third kappa shape index (κ3) is 8.35. The summed E-state index contributed by atoms with van der Waals surface area (Å²) in [6.07, 6.45) is -0.297. The highest BCUT2D eigenvalue weighted by Gasteiger charge is 2.45. The first kappa shape index (κ1) is 34.3. The van der Waals surface area contributed by atoms with Crippen LogP contribution in [0.1, 0.15) is 82.8 Å². The summed E-state index contributed by atoms with van der Waals surface area (Å²) in [5.74, 6) is 0.432. The number of carbonyl (C=O) groups is 1. The minimum absolute atomic E-state index is 0.0196. The van der Waals surface area contributed by atoms with Gasteiger partial charge in [0.2, 0.25) is 5.88 Å². The molecule has 1 aliphatic heterocycles. The Bertz CT molecular complexity index is 1620. The van der Waals surface area contributed by atoms with Gasteiger partial charge in [-0.15, -0.1) is 5.10 Å². The van der Waals surface area contributed by atoms with Crippen LogP contribution in [0.2, 0.25) is 0 Å². The summed E-state index contributed by atoms with van der Waals surface area (Å²) in [5.41, 5.74) is -0.0666. The molecule has 4 heterocycles. The first-order valence-electron chi connectivity index (χ1n) is 14.9. The summed E-state index contributed by atoms with van der Waals surface area (Å²) < 4.78 is 74.1. The topological polar surface area (TPSA) is 124 Å². The molecule has 1 fully saturated rings. The molecule has 0 spiro atoms. The molecule has 3 aromatic rings. The van der Waals surface area contributed by atoms with Crippen molar-refractivity contribution in [3.63, 3.8) is 0 Å². The lowest BCUT2D eigenvalue weighted by molar-refractivity contribution is -0.135. The Morgan fingerprint density at radius 3 is 2.42 bits per heavy atom. The van der Waals surface area contributed by atoms with Crippen molar-refractivity contribution in [1.82, 2.24) is 29.3 Å². The number of unbranched alkanes of at least 4 members (excludes halogenated alkanes) is 2. The van der Waals surface area contributed by atoms with Gasteiger partial charge in [0.1, 0.15) is 10.7 Å². The van der Waals surface area contributed by atoms with E-state index in [4.69, 9.17) is 9.72 Å². The number of carbonyl (C=O) groups excluding carboxylic acids is 1. The molecule has 0 radical (unpaired) electrons. The van der Waals surface area contributed by atoms with E-state index >= 15 is 0 Å². The van der Waals surface area contributed by atoms with Crippen molar-refractivity contribution < 1.29 is 31.1 Å². The van der Waals surface area contributed by atoms with Crippen LogP contribution in [0.25, 0.3) is 5.82 Å². The average Bonchev–Trinajstić information content (AvgIpc) is 3.61. The molecule has 11 nitrogen and oxygen atoms in total. The SMILES string of the molecule is Cc1nn(C)cc1S(=O)(=O)NC(=O)c1ccc(-n2ccc(OCCCCCC(F)(F)F)n2)nc1N1CC(C(C)(C)C)CC1(C)C. The van der Waals surface area contributed by atoms with Gasteiger partial charge < -0.3 is 9.64 Å². The second-order valence-corrected chi connectivity index (χ2v) is 14.9. The monoisotopic (exact) mass is 653 g/mol. The number of alkyl halides is 3. The van der Waals surface area contributed by atoms with Crippen molar-refractivity contribution >= 4 is 21.7 Å². The molecule has 1 aliphatic rings. The zero-order chi connectivity index (χ0) is 33.4. The van der Waals surface area contributed by atoms with Crippen LogP contribution in [0.3, 0.4) is 0 Å². The van der Waals surface area contributed by atoms with E-state index in [1.54, 1.807) is 32.3 Å². The minimum Gasteiger partial charge on any atom is -0.477 e. The van der Waals surface area contributed by atoms with Crippen molar-refractivity contribution in [1.29, 1.82) is 0 Å². The van der Waals surface area contributed by atoms with Crippen LogP contribution in [0.15, 0.2) is 35.5 Å². The highest BCUT2D eigenvalue weighted by Crippen LogP contribution is 2.44. The number of halogens is 3. The molecule has 15 heteroatoms. The summed E-state index contributed by atoms with van der Waals surface area (Å²) in [5, 5.41) is 8.49. The van der Waals surface area contributed by atoms with Gasteiger partial charge >= 0.3 is 6.18 Å². The highest BCUT2D eigenvalue weighted by molar-refractivity contribution is 7.90. The van der Waals surface area contributed by atoms with Gasteiger partial charge in [-0.1, -0.05) is 20.8 Å². The predicted molar refractivity (Wildman–Crippen MR) is 163 cm³/mol. The van der Waals surface area contributed by atoms with Crippen molar-refractivity contribution in [2.24, 2.45) is 18.4 Å². The number of ether oxygens (including phenoxy) is 1. The summed E-state index contributed by atoms with van der Waals surface area (Å²) in [6.45, 7) is 13.0. The number of aromatic nitrogens is 5. The number of nitrogens with zero attached hydrogens (tertiary/aromatic N) is 6. The number of amides is 1. The zero-order valence-corrected chi connectivity index (χ0v) is 27.6. The van der Waals surface area contributed by atoms with E-state index in [1.165, 1.54) is 21.6 Å². The lowest BCUT2D eigenvalue weighted by Crippen LogP contribution is -2.41. The summed E-state index contributed by atoms with van der Waals surface area (Å²) in [6, 6.07) is 4.72. The second-order valence-electron chi connectivity index (χ2n) is 13.3. The molecule has 0 aromatic carbocycles. The number of rotatable bonds is 11. The van der Waals surface area contributed by atoms with E-state index in [0.29, 0.717) is 31.0 Å². The number of hydrogen-bond donors (Lipinski definition) is 1. The van der Waals surface area contributed by atoms with Crippen molar-refractivity contribution in [3.05, 3.63) is 41.9 Å².